The van der Waals surface area contributed by atoms with Gasteiger partial charge in [0.25, 0.3) is 10.0 Å². The lowest BCUT2D eigenvalue weighted by molar-refractivity contribution is -0.140. The minimum atomic E-state index is -4.09. The summed E-state index contributed by atoms with van der Waals surface area (Å²) in [5.74, 6) is -0.696. The standard InChI is InChI=1S/C32H41N3O4S/c1-7-26(6)33-32(37)29(8-2)34(21-27-15-13-12-14-24(27)4)31(36)22-35(30-20-23(3)18-19-25(30)5)40(38,39)28-16-10-9-11-17-28/h9-20,26,29H,7-8,21-22H2,1-6H3,(H,33,37)/t26-,29-/m0/s1. The number of nitrogens with zero attached hydrogens (tertiary/aromatic N) is 2. The van der Waals surface area contributed by atoms with Gasteiger partial charge in [0.1, 0.15) is 12.6 Å². The number of anilines is 1. The van der Waals surface area contributed by atoms with Crippen LogP contribution in [0.3, 0.4) is 0 Å². The number of carbonyl (C=O) groups is 2. The van der Waals surface area contributed by atoms with E-state index in [2.05, 4.69) is 5.32 Å². The minimum Gasteiger partial charge on any atom is -0.352 e. The van der Waals surface area contributed by atoms with Gasteiger partial charge in [-0.05, 0) is 81.0 Å². The fourth-order valence-corrected chi connectivity index (χ4v) is 6.04. The van der Waals surface area contributed by atoms with Gasteiger partial charge in [-0.1, -0.05) is 68.4 Å². The predicted octanol–water partition coefficient (Wildman–Crippen LogP) is 5.53. The third-order valence-electron chi connectivity index (χ3n) is 7.23. The van der Waals surface area contributed by atoms with Gasteiger partial charge in [-0.15, -0.1) is 0 Å². The first kappa shape index (κ1) is 30.9. The highest BCUT2D eigenvalue weighted by Gasteiger charge is 2.34. The van der Waals surface area contributed by atoms with Crippen molar-refractivity contribution in [3.8, 4) is 0 Å². The Labute approximate surface area is 239 Å². The van der Waals surface area contributed by atoms with E-state index in [1.807, 2.05) is 77.9 Å². The first-order chi connectivity index (χ1) is 19.0. The largest absolute Gasteiger partial charge is 0.352 e. The fourth-order valence-electron chi connectivity index (χ4n) is 4.55. The van der Waals surface area contributed by atoms with Gasteiger partial charge in [0.2, 0.25) is 11.8 Å². The number of hydrogen-bond donors (Lipinski definition) is 1. The zero-order valence-corrected chi connectivity index (χ0v) is 25.2. The second-order valence-corrected chi connectivity index (χ2v) is 12.2. The second kappa shape index (κ2) is 13.6. The van der Waals surface area contributed by atoms with E-state index in [0.717, 1.165) is 28.7 Å². The highest BCUT2D eigenvalue weighted by Crippen LogP contribution is 2.28. The molecule has 0 aromatic heterocycles. The van der Waals surface area contributed by atoms with Gasteiger partial charge in [0.15, 0.2) is 0 Å². The molecule has 214 valence electrons. The molecule has 3 aromatic carbocycles. The topological polar surface area (TPSA) is 86.8 Å². The van der Waals surface area contributed by atoms with Crippen LogP contribution in [-0.2, 0) is 26.2 Å². The zero-order chi connectivity index (χ0) is 29.4. The molecule has 1 N–H and O–H groups in total. The summed E-state index contributed by atoms with van der Waals surface area (Å²) in [5.41, 5.74) is 3.92. The molecule has 0 aliphatic rings. The van der Waals surface area contributed by atoms with Crippen molar-refractivity contribution in [2.24, 2.45) is 0 Å². The van der Waals surface area contributed by atoms with Crippen molar-refractivity contribution in [3.63, 3.8) is 0 Å². The third-order valence-corrected chi connectivity index (χ3v) is 9.01. The lowest BCUT2D eigenvalue weighted by atomic mass is 10.1. The van der Waals surface area contributed by atoms with Crippen molar-refractivity contribution >= 4 is 27.5 Å². The maximum absolute atomic E-state index is 14.2. The van der Waals surface area contributed by atoms with Crippen LogP contribution in [0.15, 0.2) is 77.7 Å². The Morgan fingerprint density at radius 1 is 0.850 bits per heavy atom. The van der Waals surface area contributed by atoms with Gasteiger partial charge < -0.3 is 10.2 Å². The van der Waals surface area contributed by atoms with Crippen LogP contribution >= 0.6 is 0 Å². The highest BCUT2D eigenvalue weighted by atomic mass is 32.2. The Balaban J connectivity index is 2.10. The molecule has 0 saturated heterocycles. The van der Waals surface area contributed by atoms with Crippen molar-refractivity contribution in [1.29, 1.82) is 0 Å². The van der Waals surface area contributed by atoms with E-state index in [0.29, 0.717) is 12.1 Å². The number of carbonyl (C=O) groups excluding carboxylic acids is 2. The summed E-state index contributed by atoms with van der Waals surface area (Å²) in [6.45, 7) is 11.2. The molecule has 2 atom stereocenters. The second-order valence-electron chi connectivity index (χ2n) is 10.3. The Hall–Kier alpha value is -3.65. The molecule has 0 radical (unpaired) electrons. The average molecular weight is 564 g/mol. The predicted molar refractivity (Wildman–Crippen MR) is 161 cm³/mol. The van der Waals surface area contributed by atoms with Crippen LogP contribution < -0.4 is 9.62 Å². The molecule has 3 aromatic rings. The van der Waals surface area contributed by atoms with Crippen molar-refractivity contribution in [3.05, 3.63) is 95.1 Å². The third kappa shape index (κ3) is 7.30. The van der Waals surface area contributed by atoms with Crippen LogP contribution in [-0.4, -0.2) is 43.8 Å². The van der Waals surface area contributed by atoms with Crippen molar-refractivity contribution in [1.82, 2.24) is 10.2 Å². The van der Waals surface area contributed by atoms with E-state index in [9.17, 15) is 18.0 Å². The molecule has 40 heavy (non-hydrogen) atoms. The number of aryl methyl sites for hydroxylation is 3. The normalized spacial score (nSPS) is 12.8. The van der Waals surface area contributed by atoms with Crippen LogP contribution in [0, 0.1) is 20.8 Å². The Morgan fingerprint density at radius 3 is 2.12 bits per heavy atom. The Morgan fingerprint density at radius 2 is 1.50 bits per heavy atom. The molecule has 0 aliphatic heterocycles. The summed E-state index contributed by atoms with van der Waals surface area (Å²) >= 11 is 0. The van der Waals surface area contributed by atoms with E-state index in [1.165, 1.54) is 21.3 Å². The molecular weight excluding hydrogens is 522 g/mol. The molecule has 7 nitrogen and oxygen atoms in total. The lowest BCUT2D eigenvalue weighted by Gasteiger charge is -2.34. The van der Waals surface area contributed by atoms with Gasteiger partial charge in [-0.25, -0.2) is 8.42 Å². The van der Waals surface area contributed by atoms with E-state index >= 15 is 0 Å². The van der Waals surface area contributed by atoms with E-state index in [4.69, 9.17) is 0 Å². The van der Waals surface area contributed by atoms with Crippen LogP contribution in [0.4, 0.5) is 5.69 Å². The fraction of sp³-hybridized carbons (Fsp3) is 0.375. The monoisotopic (exact) mass is 563 g/mol. The molecular formula is C32H41N3O4S. The Bertz CT molecular complexity index is 1420. The Kier molecular flexibility index (Phi) is 10.5. The lowest BCUT2D eigenvalue weighted by Crippen LogP contribution is -2.53. The van der Waals surface area contributed by atoms with Crippen LogP contribution in [0.2, 0.25) is 0 Å². The van der Waals surface area contributed by atoms with Gasteiger partial charge in [0, 0.05) is 12.6 Å². The minimum absolute atomic E-state index is 0.0538. The smallest absolute Gasteiger partial charge is 0.264 e. The van der Waals surface area contributed by atoms with Crippen molar-refractivity contribution in [2.45, 2.75) is 77.9 Å². The summed E-state index contributed by atoms with van der Waals surface area (Å²) in [7, 11) is -4.09. The molecule has 0 spiro atoms. The van der Waals surface area contributed by atoms with Crippen LogP contribution in [0.5, 0.6) is 0 Å². The molecule has 0 heterocycles. The quantitative estimate of drug-likeness (QED) is 0.314. The molecule has 2 amide bonds. The van der Waals surface area contributed by atoms with Gasteiger partial charge in [0.05, 0.1) is 10.6 Å². The number of nitrogens with one attached hydrogen (secondary N) is 1. The molecule has 0 fully saturated rings. The van der Waals surface area contributed by atoms with E-state index in [1.54, 1.807) is 24.3 Å². The van der Waals surface area contributed by atoms with Crippen molar-refractivity contribution < 1.29 is 18.0 Å². The molecule has 0 bridgehead atoms. The summed E-state index contributed by atoms with van der Waals surface area (Å²) in [5, 5.41) is 3.01. The summed E-state index contributed by atoms with van der Waals surface area (Å²) in [6, 6.07) is 20.5. The van der Waals surface area contributed by atoms with E-state index < -0.39 is 28.5 Å². The molecule has 0 aliphatic carbocycles. The van der Waals surface area contributed by atoms with E-state index in [-0.39, 0.29) is 23.4 Å². The molecule has 0 saturated carbocycles. The summed E-state index contributed by atoms with van der Waals surface area (Å²) in [6.07, 6.45) is 1.14. The molecule has 0 unspecified atom stereocenters. The first-order valence-electron chi connectivity index (χ1n) is 13.8. The number of amides is 2. The van der Waals surface area contributed by atoms with Crippen LogP contribution in [0.25, 0.3) is 0 Å². The SMILES string of the molecule is CC[C@H](C)NC(=O)[C@H](CC)N(Cc1ccccc1C)C(=O)CN(c1cc(C)ccc1C)S(=O)(=O)c1ccccc1. The van der Waals surface area contributed by atoms with Crippen LogP contribution in [0.1, 0.15) is 55.9 Å². The van der Waals surface area contributed by atoms with Gasteiger partial charge in [-0.2, -0.15) is 0 Å². The maximum atomic E-state index is 14.2. The summed E-state index contributed by atoms with van der Waals surface area (Å²) in [4.78, 5) is 29.2. The molecule has 8 heteroatoms. The number of rotatable bonds is 12. The number of hydrogen-bond acceptors (Lipinski definition) is 4. The number of sulfonamides is 1. The maximum Gasteiger partial charge on any atom is 0.264 e. The summed E-state index contributed by atoms with van der Waals surface area (Å²) < 4.78 is 29.2. The number of benzene rings is 3. The highest BCUT2D eigenvalue weighted by molar-refractivity contribution is 7.92. The molecule has 3 rings (SSSR count). The van der Waals surface area contributed by atoms with Gasteiger partial charge >= 0.3 is 0 Å². The first-order valence-corrected chi connectivity index (χ1v) is 15.2. The van der Waals surface area contributed by atoms with Crippen molar-refractivity contribution in [2.75, 3.05) is 10.8 Å². The average Bonchev–Trinajstić information content (AvgIpc) is 2.94. The van der Waals surface area contributed by atoms with Gasteiger partial charge in [-0.3, -0.25) is 13.9 Å². The zero-order valence-electron chi connectivity index (χ0n) is 24.3.